The van der Waals surface area contributed by atoms with Crippen LogP contribution in [0.4, 0.5) is 8.78 Å². The highest BCUT2D eigenvalue weighted by molar-refractivity contribution is 5.80. The van der Waals surface area contributed by atoms with Crippen LogP contribution in [0.2, 0.25) is 0 Å². The molecule has 3 nitrogen and oxygen atoms in total. The molecule has 1 heterocycles. The number of carbonyl (C=O) groups excluding carboxylic acids is 1. The maximum atomic E-state index is 13.1. The molecule has 0 radical (unpaired) electrons. The predicted octanol–water partition coefficient (Wildman–Crippen LogP) is 3.28. The van der Waals surface area contributed by atoms with Gasteiger partial charge in [0.15, 0.2) is 0 Å². The Labute approximate surface area is 135 Å². The predicted molar refractivity (Wildman–Crippen MR) is 83.3 cm³/mol. The van der Waals surface area contributed by atoms with Crippen molar-refractivity contribution in [1.29, 1.82) is 0 Å². The summed E-state index contributed by atoms with van der Waals surface area (Å²) < 4.78 is 32.0. The molecule has 2 fully saturated rings. The molecule has 0 unspecified atom stereocenters. The number of amides is 1. The molecule has 0 aromatic heterocycles. The fraction of sp³-hybridized carbons (Fsp3) is 0.611. The number of hydrogen-bond donors (Lipinski definition) is 0. The van der Waals surface area contributed by atoms with Gasteiger partial charge >= 0.3 is 0 Å². The Morgan fingerprint density at radius 1 is 1.30 bits per heavy atom. The van der Waals surface area contributed by atoms with Gasteiger partial charge in [-0.15, -0.1) is 0 Å². The lowest BCUT2D eigenvalue weighted by molar-refractivity contribution is -0.161. The van der Waals surface area contributed by atoms with Crippen molar-refractivity contribution in [2.24, 2.45) is 5.92 Å². The minimum absolute atomic E-state index is 0.00950. The first-order valence-electron chi connectivity index (χ1n) is 8.34. The Morgan fingerprint density at radius 3 is 2.61 bits per heavy atom. The monoisotopic (exact) mass is 323 g/mol. The largest absolute Gasteiger partial charge is 0.376 e. The third kappa shape index (κ3) is 3.55. The highest BCUT2D eigenvalue weighted by atomic mass is 19.3. The van der Waals surface area contributed by atoms with Gasteiger partial charge in [0.05, 0.1) is 12.1 Å². The van der Waals surface area contributed by atoms with E-state index in [2.05, 4.69) is 0 Å². The summed E-state index contributed by atoms with van der Waals surface area (Å²) in [7, 11) is 0. The Balaban J connectivity index is 1.71. The summed E-state index contributed by atoms with van der Waals surface area (Å²) in [6, 6.07) is 9.90. The first kappa shape index (κ1) is 16.4. The van der Waals surface area contributed by atoms with Gasteiger partial charge in [-0.05, 0) is 25.3 Å². The Morgan fingerprint density at radius 2 is 2.00 bits per heavy atom. The molecule has 23 heavy (non-hydrogen) atoms. The average molecular weight is 323 g/mol. The summed E-state index contributed by atoms with van der Waals surface area (Å²) in [5.74, 6) is -3.31. The molecular weight excluding hydrogens is 300 g/mol. The second kappa shape index (κ2) is 6.56. The fourth-order valence-electron chi connectivity index (χ4n) is 3.67. The fourth-order valence-corrected chi connectivity index (χ4v) is 3.67. The van der Waals surface area contributed by atoms with Crippen molar-refractivity contribution in [3.8, 4) is 0 Å². The van der Waals surface area contributed by atoms with Crippen LogP contribution in [-0.2, 0) is 16.0 Å². The second-order valence-corrected chi connectivity index (χ2v) is 6.53. The van der Waals surface area contributed by atoms with E-state index < -0.39 is 11.8 Å². The average Bonchev–Trinajstić information content (AvgIpc) is 2.88. The van der Waals surface area contributed by atoms with Crippen LogP contribution < -0.4 is 0 Å². The zero-order valence-electron chi connectivity index (χ0n) is 13.4. The van der Waals surface area contributed by atoms with E-state index in [1.165, 1.54) is 0 Å². The number of rotatable bonds is 5. The molecule has 126 valence electrons. The first-order chi connectivity index (χ1) is 11.0. The Kier molecular flexibility index (Phi) is 4.67. The lowest BCUT2D eigenvalue weighted by Gasteiger charge is -2.38. The summed E-state index contributed by atoms with van der Waals surface area (Å²) in [4.78, 5) is 14.4. The van der Waals surface area contributed by atoms with Crippen LogP contribution in [0.25, 0.3) is 0 Å². The number of ether oxygens (including phenoxy) is 1. The Hall–Kier alpha value is -1.49. The number of hydrogen-bond acceptors (Lipinski definition) is 2. The SMILES string of the molecule is CCO[C@H]1CCN(C(=O)C2CC(F)(F)C2)[C@H]1Cc1ccccc1. The summed E-state index contributed by atoms with van der Waals surface area (Å²) in [5, 5.41) is 0. The number of alkyl halides is 2. The smallest absolute Gasteiger partial charge is 0.249 e. The molecule has 0 spiro atoms. The molecule has 1 amide bonds. The van der Waals surface area contributed by atoms with Crippen LogP contribution in [-0.4, -0.2) is 42.0 Å². The van der Waals surface area contributed by atoms with E-state index in [-0.39, 0.29) is 30.9 Å². The van der Waals surface area contributed by atoms with Crippen LogP contribution in [0.1, 0.15) is 31.7 Å². The number of halogens is 2. The van der Waals surface area contributed by atoms with Crippen molar-refractivity contribution >= 4 is 5.91 Å². The van der Waals surface area contributed by atoms with Gasteiger partial charge in [-0.2, -0.15) is 0 Å². The van der Waals surface area contributed by atoms with E-state index in [0.29, 0.717) is 19.6 Å². The maximum absolute atomic E-state index is 13.1. The first-order valence-corrected chi connectivity index (χ1v) is 8.34. The number of carbonyl (C=O) groups is 1. The summed E-state index contributed by atoms with van der Waals surface area (Å²) >= 11 is 0. The second-order valence-electron chi connectivity index (χ2n) is 6.53. The number of benzene rings is 1. The van der Waals surface area contributed by atoms with Crippen molar-refractivity contribution in [2.75, 3.05) is 13.2 Å². The van der Waals surface area contributed by atoms with Gasteiger partial charge in [-0.3, -0.25) is 4.79 Å². The highest BCUT2D eigenvalue weighted by Crippen LogP contribution is 2.44. The molecule has 1 saturated heterocycles. The highest BCUT2D eigenvalue weighted by Gasteiger charge is 2.51. The standard InChI is InChI=1S/C18H23F2NO2/c1-2-23-16-8-9-21(17(22)14-11-18(19,20)12-14)15(16)10-13-6-4-3-5-7-13/h3-7,14-16H,2,8-12H2,1H3/t15-,16-/m0/s1. The molecule has 2 atom stereocenters. The van der Waals surface area contributed by atoms with Crippen LogP contribution in [0.15, 0.2) is 30.3 Å². The lowest BCUT2D eigenvalue weighted by atomic mass is 9.80. The quantitative estimate of drug-likeness (QED) is 0.832. The van der Waals surface area contributed by atoms with Crippen molar-refractivity contribution in [1.82, 2.24) is 4.90 Å². The molecule has 0 bridgehead atoms. The molecule has 1 saturated carbocycles. The molecule has 1 aliphatic carbocycles. The molecule has 1 aromatic rings. The van der Waals surface area contributed by atoms with Gasteiger partial charge in [0.25, 0.3) is 0 Å². The van der Waals surface area contributed by atoms with E-state index in [9.17, 15) is 13.6 Å². The Bertz CT molecular complexity index is 541. The van der Waals surface area contributed by atoms with Gasteiger partial charge in [-0.1, -0.05) is 30.3 Å². The van der Waals surface area contributed by atoms with E-state index in [4.69, 9.17) is 4.74 Å². The summed E-state index contributed by atoms with van der Waals surface area (Å²) in [5.41, 5.74) is 1.14. The summed E-state index contributed by atoms with van der Waals surface area (Å²) in [6.07, 6.45) is 0.865. The maximum Gasteiger partial charge on any atom is 0.249 e. The van der Waals surface area contributed by atoms with Crippen molar-refractivity contribution in [3.63, 3.8) is 0 Å². The molecule has 5 heteroatoms. The van der Waals surface area contributed by atoms with Gasteiger partial charge < -0.3 is 9.64 Å². The number of nitrogens with zero attached hydrogens (tertiary/aromatic N) is 1. The third-order valence-corrected chi connectivity index (χ3v) is 4.87. The molecule has 0 N–H and O–H groups in total. The van der Waals surface area contributed by atoms with E-state index in [0.717, 1.165) is 12.0 Å². The molecule has 2 aliphatic rings. The van der Waals surface area contributed by atoms with Crippen LogP contribution in [0.3, 0.4) is 0 Å². The van der Waals surface area contributed by atoms with E-state index >= 15 is 0 Å². The van der Waals surface area contributed by atoms with Gasteiger partial charge in [0.2, 0.25) is 11.8 Å². The van der Waals surface area contributed by atoms with E-state index in [1.807, 2.05) is 37.3 Å². The van der Waals surface area contributed by atoms with Crippen molar-refractivity contribution < 1.29 is 18.3 Å². The minimum Gasteiger partial charge on any atom is -0.376 e. The normalized spacial score (nSPS) is 27.0. The minimum atomic E-state index is -2.66. The topological polar surface area (TPSA) is 29.5 Å². The molecular formula is C18H23F2NO2. The molecule has 3 rings (SSSR count). The van der Waals surface area contributed by atoms with Crippen molar-refractivity contribution in [2.45, 2.75) is 50.7 Å². The lowest BCUT2D eigenvalue weighted by Crippen LogP contribution is -2.50. The van der Waals surface area contributed by atoms with Crippen LogP contribution in [0, 0.1) is 5.92 Å². The number of likely N-dealkylation sites (tertiary alicyclic amines) is 1. The van der Waals surface area contributed by atoms with E-state index in [1.54, 1.807) is 4.90 Å². The van der Waals surface area contributed by atoms with Crippen LogP contribution in [0.5, 0.6) is 0 Å². The zero-order chi connectivity index (χ0) is 16.4. The molecule has 1 aliphatic heterocycles. The molecule has 1 aromatic carbocycles. The van der Waals surface area contributed by atoms with Gasteiger partial charge in [0, 0.05) is 31.9 Å². The van der Waals surface area contributed by atoms with Crippen molar-refractivity contribution in [3.05, 3.63) is 35.9 Å². The summed E-state index contributed by atoms with van der Waals surface area (Å²) in [6.45, 7) is 3.14. The third-order valence-electron chi connectivity index (χ3n) is 4.87. The van der Waals surface area contributed by atoms with Gasteiger partial charge in [-0.25, -0.2) is 8.78 Å². The van der Waals surface area contributed by atoms with Gasteiger partial charge in [0.1, 0.15) is 0 Å². The van der Waals surface area contributed by atoms with Crippen LogP contribution >= 0.6 is 0 Å². The zero-order valence-corrected chi connectivity index (χ0v) is 13.4.